The number of hydrogen-bond donors (Lipinski definition) is 2. The van der Waals surface area contributed by atoms with E-state index in [2.05, 4.69) is 54.8 Å². The van der Waals surface area contributed by atoms with Crippen LogP contribution in [0.4, 0.5) is 0 Å². The second-order valence-corrected chi connectivity index (χ2v) is 7.34. The van der Waals surface area contributed by atoms with E-state index in [4.69, 9.17) is 19.2 Å². The van der Waals surface area contributed by atoms with Gasteiger partial charge in [-0.25, -0.2) is 0 Å². The summed E-state index contributed by atoms with van der Waals surface area (Å²) in [6.45, 7) is 4.28. The van der Waals surface area contributed by atoms with Crippen molar-refractivity contribution in [1.29, 1.82) is 0 Å². The molecule has 31 heavy (non-hydrogen) atoms. The lowest BCUT2D eigenvalue weighted by atomic mass is 10.1. The Morgan fingerprint density at radius 2 is 1.65 bits per heavy atom. The van der Waals surface area contributed by atoms with Gasteiger partial charge in [-0.2, -0.15) is 0 Å². The lowest BCUT2D eigenvalue weighted by Crippen LogP contribution is -2.39. The molecule has 2 aromatic carbocycles. The number of nitrogens with one attached hydrogen (secondary N) is 2. The number of methoxy groups -OCH3 is 3. The normalized spacial score (nSPS) is 12.4. The van der Waals surface area contributed by atoms with E-state index in [9.17, 15) is 0 Å². The van der Waals surface area contributed by atoms with Crippen LogP contribution in [0.1, 0.15) is 24.1 Å². The van der Waals surface area contributed by atoms with E-state index in [1.54, 1.807) is 21.3 Å². The van der Waals surface area contributed by atoms with Crippen LogP contribution >= 0.6 is 0 Å². The van der Waals surface area contributed by atoms with Crippen molar-refractivity contribution in [3.8, 4) is 17.2 Å². The predicted molar refractivity (Wildman–Crippen MR) is 127 cm³/mol. The van der Waals surface area contributed by atoms with Crippen LogP contribution in [0.3, 0.4) is 0 Å². The van der Waals surface area contributed by atoms with Gasteiger partial charge in [-0.3, -0.25) is 4.99 Å². The molecule has 0 bridgehead atoms. The summed E-state index contributed by atoms with van der Waals surface area (Å²) in [5.74, 6) is 3.15. The molecule has 0 fully saturated rings. The van der Waals surface area contributed by atoms with E-state index in [0.29, 0.717) is 6.54 Å². The van der Waals surface area contributed by atoms with Gasteiger partial charge >= 0.3 is 0 Å². The molecule has 0 radical (unpaired) electrons. The third kappa shape index (κ3) is 7.36. The van der Waals surface area contributed by atoms with Crippen molar-refractivity contribution in [3.05, 3.63) is 53.6 Å². The van der Waals surface area contributed by atoms with Crippen LogP contribution in [0.2, 0.25) is 0 Å². The summed E-state index contributed by atoms with van der Waals surface area (Å²) in [4.78, 5) is 7.00. The van der Waals surface area contributed by atoms with Crippen molar-refractivity contribution >= 4 is 5.96 Å². The van der Waals surface area contributed by atoms with Crippen LogP contribution in [0, 0.1) is 0 Å². The molecule has 0 saturated heterocycles. The van der Waals surface area contributed by atoms with Crippen molar-refractivity contribution < 1.29 is 14.2 Å². The van der Waals surface area contributed by atoms with Gasteiger partial charge in [-0.15, -0.1) is 0 Å². The average Bonchev–Trinajstić information content (AvgIpc) is 2.79. The Labute approximate surface area is 186 Å². The van der Waals surface area contributed by atoms with E-state index < -0.39 is 0 Å². The second-order valence-electron chi connectivity index (χ2n) is 7.34. The van der Waals surface area contributed by atoms with E-state index in [1.807, 2.05) is 24.3 Å². The van der Waals surface area contributed by atoms with Gasteiger partial charge < -0.3 is 29.7 Å². The lowest BCUT2D eigenvalue weighted by molar-refractivity contribution is 0.306. The fourth-order valence-corrected chi connectivity index (χ4v) is 3.27. The van der Waals surface area contributed by atoms with Crippen molar-refractivity contribution in [1.82, 2.24) is 15.5 Å². The zero-order chi connectivity index (χ0) is 22.6. The minimum absolute atomic E-state index is 0.173. The second kappa shape index (κ2) is 12.7. The van der Waals surface area contributed by atoms with Crippen LogP contribution in [-0.4, -0.2) is 65.9 Å². The molecule has 0 spiro atoms. The number of likely N-dealkylation sites (N-methyl/N-ethyl adjacent to an activating group) is 1. The molecule has 0 heterocycles. The van der Waals surface area contributed by atoms with Crippen LogP contribution < -0.4 is 24.8 Å². The highest BCUT2D eigenvalue weighted by Gasteiger charge is 2.14. The SMILES string of the molecule is CCNC(=NCC(c1ccc(OC)cc1)N(C)C)NCCc1ccc(OC)c(OC)c1. The maximum atomic E-state index is 5.39. The zero-order valence-corrected chi connectivity index (χ0v) is 19.6. The van der Waals surface area contributed by atoms with Gasteiger partial charge in [-0.1, -0.05) is 18.2 Å². The molecule has 0 aliphatic carbocycles. The molecule has 2 N–H and O–H groups in total. The first-order valence-corrected chi connectivity index (χ1v) is 10.6. The maximum absolute atomic E-state index is 5.39. The molecule has 0 amide bonds. The number of aliphatic imine (C=N–C) groups is 1. The van der Waals surface area contributed by atoms with Crippen molar-refractivity contribution in [2.75, 3.05) is 55.1 Å². The van der Waals surface area contributed by atoms with Gasteiger partial charge in [0.1, 0.15) is 5.75 Å². The fourth-order valence-electron chi connectivity index (χ4n) is 3.27. The molecule has 170 valence electrons. The summed E-state index contributed by atoms with van der Waals surface area (Å²) in [6.07, 6.45) is 0.848. The Bertz CT molecular complexity index is 822. The molecular formula is C24H36N4O3. The molecule has 0 aliphatic heterocycles. The summed E-state index contributed by atoms with van der Waals surface area (Å²) >= 11 is 0. The van der Waals surface area contributed by atoms with Crippen LogP contribution in [-0.2, 0) is 6.42 Å². The minimum atomic E-state index is 0.173. The molecule has 1 unspecified atom stereocenters. The standard InChI is InChI=1S/C24H36N4O3/c1-7-25-24(26-15-14-18-8-13-22(30-5)23(16-18)31-6)27-17-21(28(2)3)19-9-11-20(29-4)12-10-19/h8-13,16,21H,7,14-15,17H2,1-6H3,(H2,25,26,27). The highest BCUT2D eigenvalue weighted by atomic mass is 16.5. The molecule has 0 saturated carbocycles. The Balaban J connectivity index is 2.01. The molecular weight excluding hydrogens is 392 g/mol. The summed E-state index contributed by atoms with van der Waals surface area (Å²) in [5.41, 5.74) is 2.38. The summed E-state index contributed by atoms with van der Waals surface area (Å²) in [5, 5.41) is 6.76. The van der Waals surface area contributed by atoms with E-state index in [0.717, 1.165) is 42.7 Å². The number of ether oxygens (including phenoxy) is 3. The molecule has 1 atom stereocenters. The molecule has 2 rings (SSSR count). The number of rotatable bonds is 11. The summed E-state index contributed by atoms with van der Waals surface area (Å²) < 4.78 is 16.0. The topological polar surface area (TPSA) is 67.4 Å². The van der Waals surface area contributed by atoms with Crippen LogP contribution in [0.25, 0.3) is 0 Å². The van der Waals surface area contributed by atoms with Crippen molar-refractivity contribution in [3.63, 3.8) is 0 Å². The van der Waals surface area contributed by atoms with Gasteiger partial charge in [0.25, 0.3) is 0 Å². The number of guanidine groups is 1. The summed E-state index contributed by atoms with van der Waals surface area (Å²) in [7, 11) is 9.12. The molecule has 2 aromatic rings. The quantitative estimate of drug-likeness (QED) is 0.423. The Morgan fingerprint density at radius 3 is 2.23 bits per heavy atom. The van der Waals surface area contributed by atoms with Gasteiger partial charge in [0.15, 0.2) is 17.5 Å². The van der Waals surface area contributed by atoms with Gasteiger partial charge in [-0.05, 0) is 62.8 Å². The van der Waals surface area contributed by atoms with E-state index >= 15 is 0 Å². The van der Waals surface area contributed by atoms with Crippen molar-refractivity contribution in [2.24, 2.45) is 4.99 Å². The molecule has 7 nitrogen and oxygen atoms in total. The first kappa shape index (κ1) is 24.3. The van der Waals surface area contributed by atoms with Gasteiger partial charge in [0.2, 0.25) is 0 Å². The summed E-state index contributed by atoms with van der Waals surface area (Å²) in [6, 6.07) is 14.3. The first-order chi connectivity index (χ1) is 15.0. The fraction of sp³-hybridized carbons (Fsp3) is 0.458. The third-order valence-corrected chi connectivity index (χ3v) is 5.04. The zero-order valence-electron chi connectivity index (χ0n) is 19.6. The van der Waals surface area contributed by atoms with E-state index in [1.165, 1.54) is 11.1 Å². The van der Waals surface area contributed by atoms with Crippen LogP contribution in [0.15, 0.2) is 47.5 Å². The number of benzene rings is 2. The lowest BCUT2D eigenvalue weighted by Gasteiger charge is -2.24. The Hall–Kier alpha value is -2.93. The van der Waals surface area contributed by atoms with Gasteiger partial charge in [0, 0.05) is 13.1 Å². The minimum Gasteiger partial charge on any atom is -0.497 e. The first-order valence-electron chi connectivity index (χ1n) is 10.6. The largest absolute Gasteiger partial charge is 0.497 e. The van der Waals surface area contributed by atoms with Gasteiger partial charge in [0.05, 0.1) is 33.9 Å². The Kier molecular flexibility index (Phi) is 9.97. The smallest absolute Gasteiger partial charge is 0.191 e. The monoisotopic (exact) mass is 428 g/mol. The number of nitrogens with zero attached hydrogens (tertiary/aromatic N) is 2. The molecule has 0 aliphatic rings. The van der Waals surface area contributed by atoms with E-state index in [-0.39, 0.29) is 6.04 Å². The highest BCUT2D eigenvalue weighted by Crippen LogP contribution is 2.27. The van der Waals surface area contributed by atoms with Crippen LogP contribution in [0.5, 0.6) is 17.2 Å². The maximum Gasteiger partial charge on any atom is 0.191 e. The van der Waals surface area contributed by atoms with Crippen molar-refractivity contribution in [2.45, 2.75) is 19.4 Å². The number of hydrogen-bond acceptors (Lipinski definition) is 5. The molecule has 0 aromatic heterocycles. The molecule has 7 heteroatoms. The third-order valence-electron chi connectivity index (χ3n) is 5.04. The predicted octanol–water partition coefficient (Wildman–Crippen LogP) is 3.11. The Morgan fingerprint density at radius 1 is 0.935 bits per heavy atom. The highest BCUT2D eigenvalue weighted by molar-refractivity contribution is 5.79. The average molecular weight is 429 g/mol.